The highest BCUT2D eigenvalue weighted by Crippen LogP contribution is 2.23. The number of amides is 1. The first-order valence-electron chi connectivity index (χ1n) is 9.16. The predicted octanol–water partition coefficient (Wildman–Crippen LogP) is 0.966. The number of hydrogen-bond donors (Lipinski definition) is 2. The molecule has 28 heavy (non-hydrogen) atoms. The molecule has 8 nitrogen and oxygen atoms in total. The van der Waals surface area contributed by atoms with Gasteiger partial charge in [-0.15, -0.1) is 0 Å². The van der Waals surface area contributed by atoms with E-state index in [0.29, 0.717) is 25.3 Å². The Labute approximate surface area is 162 Å². The summed E-state index contributed by atoms with van der Waals surface area (Å²) in [7, 11) is -3.83. The smallest absolute Gasteiger partial charge is 0.272 e. The average molecular weight is 408 g/mol. The van der Waals surface area contributed by atoms with Crippen LogP contribution < -0.4 is 10.0 Å². The van der Waals surface area contributed by atoms with Crippen molar-refractivity contribution in [1.82, 2.24) is 19.8 Å². The molecule has 1 saturated carbocycles. The molecule has 2 aliphatic rings. The molecule has 1 fully saturated rings. The molecule has 0 spiro atoms. The maximum absolute atomic E-state index is 13.3. The molecule has 0 radical (unpaired) electrons. The van der Waals surface area contributed by atoms with Crippen molar-refractivity contribution in [3.05, 3.63) is 47.0 Å². The molecule has 0 atom stereocenters. The zero-order valence-electron chi connectivity index (χ0n) is 15.2. The molecule has 1 aliphatic heterocycles. The molecular weight excluding hydrogens is 387 g/mol. The van der Waals surface area contributed by atoms with Crippen LogP contribution in [0.4, 0.5) is 4.39 Å². The second-order valence-corrected chi connectivity index (χ2v) is 8.67. The van der Waals surface area contributed by atoms with E-state index in [-0.39, 0.29) is 29.9 Å². The van der Waals surface area contributed by atoms with Gasteiger partial charge >= 0.3 is 0 Å². The lowest BCUT2D eigenvalue weighted by molar-refractivity contribution is 0.0922. The number of carbonyl (C=O) groups is 1. The molecule has 10 heteroatoms. The van der Waals surface area contributed by atoms with Crippen molar-refractivity contribution in [3.63, 3.8) is 0 Å². The summed E-state index contributed by atoms with van der Waals surface area (Å²) in [6, 6.07) is 5.05. The Balaban J connectivity index is 1.47. The summed E-state index contributed by atoms with van der Waals surface area (Å²) in [5.74, 6) is -0.835. The zero-order valence-corrected chi connectivity index (χ0v) is 16.0. The minimum atomic E-state index is -3.83. The zero-order chi connectivity index (χ0) is 19.7. The van der Waals surface area contributed by atoms with Crippen molar-refractivity contribution in [3.8, 4) is 0 Å². The number of hydrogen-bond acceptors (Lipinski definition) is 5. The third-order valence-corrected chi connectivity index (χ3v) is 6.20. The summed E-state index contributed by atoms with van der Waals surface area (Å²) >= 11 is 0. The fourth-order valence-electron chi connectivity index (χ4n) is 3.16. The minimum absolute atomic E-state index is 0.0670. The quantitative estimate of drug-likeness (QED) is 0.711. The van der Waals surface area contributed by atoms with Crippen LogP contribution in [-0.4, -0.2) is 43.3 Å². The SMILES string of the molecule is O=C(NC1CC1)c1nn(CCNS(=O)(=O)c2cccc(F)c2)c2c1COCC2. The number of nitrogens with zero attached hydrogens (tertiary/aromatic N) is 2. The Morgan fingerprint density at radius 3 is 2.93 bits per heavy atom. The number of rotatable bonds is 7. The van der Waals surface area contributed by atoms with E-state index in [0.717, 1.165) is 30.2 Å². The average Bonchev–Trinajstić information content (AvgIpc) is 3.41. The van der Waals surface area contributed by atoms with E-state index in [4.69, 9.17) is 4.74 Å². The summed E-state index contributed by atoms with van der Waals surface area (Å²) in [6.07, 6.45) is 2.57. The number of nitrogens with one attached hydrogen (secondary N) is 2. The standard InChI is InChI=1S/C18H21FN4O4S/c19-12-2-1-3-14(10-12)28(25,26)20-7-8-23-16-6-9-27-11-15(16)17(22-23)18(24)21-13-4-5-13/h1-3,10,13,20H,4-9,11H2,(H,21,24). The first kappa shape index (κ1) is 19.0. The van der Waals surface area contributed by atoms with Gasteiger partial charge in [0.15, 0.2) is 5.69 Å². The van der Waals surface area contributed by atoms with Gasteiger partial charge < -0.3 is 10.1 Å². The summed E-state index contributed by atoms with van der Waals surface area (Å²) < 4.78 is 47.5. The van der Waals surface area contributed by atoms with Crippen LogP contribution in [0.25, 0.3) is 0 Å². The summed E-state index contributed by atoms with van der Waals surface area (Å²) in [5.41, 5.74) is 1.99. The van der Waals surface area contributed by atoms with Crippen molar-refractivity contribution in [2.75, 3.05) is 13.2 Å². The van der Waals surface area contributed by atoms with E-state index in [9.17, 15) is 17.6 Å². The van der Waals surface area contributed by atoms with Crippen molar-refractivity contribution >= 4 is 15.9 Å². The third kappa shape index (κ3) is 4.08. The minimum Gasteiger partial charge on any atom is -0.376 e. The molecule has 0 bridgehead atoms. The van der Waals surface area contributed by atoms with Crippen LogP contribution in [0.15, 0.2) is 29.2 Å². The van der Waals surface area contributed by atoms with Crippen LogP contribution in [0.1, 0.15) is 34.6 Å². The Morgan fingerprint density at radius 2 is 2.18 bits per heavy atom. The Kier molecular flexibility index (Phi) is 5.17. The molecular formula is C18H21FN4O4S. The predicted molar refractivity (Wildman–Crippen MR) is 97.7 cm³/mol. The number of benzene rings is 1. The highest BCUT2D eigenvalue weighted by atomic mass is 32.2. The molecule has 1 amide bonds. The lowest BCUT2D eigenvalue weighted by Crippen LogP contribution is -2.29. The highest BCUT2D eigenvalue weighted by Gasteiger charge is 2.29. The normalized spacial score (nSPS) is 16.6. The number of fused-ring (bicyclic) bond motifs is 1. The molecule has 2 aromatic rings. The molecule has 2 N–H and O–H groups in total. The van der Waals surface area contributed by atoms with Crippen LogP contribution >= 0.6 is 0 Å². The van der Waals surface area contributed by atoms with Crippen LogP contribution in [0.3, 0.4) is 0 Å². The largest absolute Gasteiger partial charge is 0.376 e. The lowest BCUT2D eigenvalue weighted by Gasteiger charge is -2.15. The maximum Gasteiger partial charge on any atom is 0.272 e. The number of ether oxygens (including phenoxy) is 1. The van der Waals surface area contributed by atoms with Gasteiger partial charge in [0.05, 0.1) is 24.7 Å². The Hall–Kier alpha value is -2.30. The van der Waals surface area contributed by atoms with Gasteiger partial charge in [-0.05, 0) is 31.0 Å². The van der Waals surface area contributed by atoms with E-state index in [1.54, 1.807) is 4.68 Å². The molecule has 1 aromatic heterocycles. The Morgan fingerprint density at radius 1 is 1.36 bits per heavy atom. The molecule has 1 aliphatic carbocycles. The van der Waals surface area contributed by atoms with Crippen LogP contribution in [0.2, 0.25) is 0 Å². The Bertz CT molecular complexity index is 1000. The highest BCUT2D eigenvalue weighted by molar-refractivity contribution is 7.89. The van der Waals surface area contributed by atoms with Gasteiger partial charge in [-0.2, -0.15) is 5.10 Å². The van der Waals surface area contributed by atoms with E-state index >= 15 is 0 Å². The molecule has 0 unspecified atom stereocenters. The van der Waals surface area contributed by atoms with E-state index in [1.165, 1.54) is 18.2 Å². The van der Waals surface area contributed by atoms with Crippen LogP contribution in [0, 0.1) is 5.82 Å². The number of aromatic nitrogens is 2. The van der Waals surface area contributed by atoms with E-state index in [2.05, 4.69) is 15.1 Å². The van der Waals surface area contributed by atoms with Crippen molar-refractivity contribution in [1.29, 1.82) is 0 Å². The fourth-order valence-corrected chi connectivity index (χ4v) is 4.21. The van der Waals surface area contributed by atoms with Gasteiger partial charge in [-0.1, -0.05) is 6.07 Å². The van der Waals surface area contributed by atoms with Crippen molar-refractivity contribution in [2.24, 2.45) is 0 Å². The molecule has 4 rings (SSSR count). The van der Waals surface area contributed by atoms with Gasteiger partial charge in [-0.25, -0.2) is 17.5 Å². The molecule has 2 heterocycles. The number of halogens is 1. The third-order valence-electron chi connectivity index (χ3n) is 4.75. The van der Waals surface area contributed by atoms with Gasteiger partial charge in [0.25, 0.3) is 5.91 Å². The van der Waals surface area contributed by atoms with Gasteiger partial charge in [0.1, 0.15) is 5.82 Å². The summed E-state index contributed by atoms with van der Waals surface area (Å²) in [6.45, 7) is 1.17. The first-order chi connectivity index (χ1) is 13.4. The summed E-state index contributed by atoms with van der Waals surface area (Å²) in [4.78, 5) is 12.3. The number of sulfonamides is 1. The monoisotopic (exact) mass is 408 g/mol. The van der Waals surface area contributed by atoms with Crippen molar-refractivity contribution in [2.45, 2.75) is 43.4 Å². The number of carbonyl (C=O) groups excluding carboxylic acids is 1. The van der Waals surface area contributed by atoms with Gasteiger partial charge in [-0.3, -0.25) is 9.48 Å². The fraction of sp³-hybridized carbons (Fsp3) is 0.444. The van der Waals surface area contributed by atoms with Gasteiger partial charge in [0, 0.05) is 30.3 Å². The molecule has 0 saturated heterocycles. The second-order valence-electron chi connectivity index (χ2n) is 6.90. The maximum atomic E-state index is 13.3. The second kappa shape index (κ2) is 7.61. The van der Waals surface area contributed by atoms with E-state index in [1.807, 2.05) is 0 Å². The first-order valence-corrected chi connectivity index (χ1v) is 10.6. The lowest BCUT2D eigenvalue weighted by atomic mass is 10.1. The van der Waals surface area contributed by atoms with Crippen molar-refractivity contribution < 1.29 is 22.3 Å². The van der Waals surface area contributed by atoms with Crippen LogP contribution in [0.5, 0.6) is 0 Å². The molecule has 1 aromatic carbocycles. The van der Waals surface area contributed by atoms with E-state index < -0.39 is 15.8 Å². The van der Waals surface area contributed by atoms with Gasteiger partial charge in [0.2, 0.25) is 10.0 Å². The van der Waals surface area contributed by atoms with Crippen LogP contribution in [-0.2, 0) is 34.3 Å². The summed E-state index contributed by atoms with van der Waals surface area (Å²) in [5, 5.41) is 7.33. The molecule has 150 valence electrons. The topological polar surface area (TPSA) is 102 Å².